The van der Waals surface area contributed by atoms with Gasteiger partial charge in [-0.05, 0) is 37.1 Å². The lowest BCUT2D eigenvalue weighted by Gasteiger charge is -2.32. The Kier molecular flexibility index (Phi) is 3.82. The number of benzene rings is 1. The molecule has 0 saturated carbocycles. The highest BCUT2D eigenvalue weighted by atomic mass is 16.3. The van der Waals surface area contributed by atoms with Crippen molar-refractivity contribution < 1.29 is 9.21 Å². The zero-order valence-corrected chi connectivity index (χ0v) is 15.8. The molecule has 3 aromatic rings. The van der Waals surface area contributed by atoms with Gasteiger partial charge in [0.05, 0.1) is 23.5 Å². The second-order valence-electron chi connectivity index (χ2n) is 7.82. The largest absolute Gasteiger partial charge is 0.456 e. The molecule has 0 spiro atoms. The van der Waals surface area contributed by atoms with Crippen LogP contribution in [-0.4, -0.2) is 51.4 Å². The lowest BCUT2D eigenvalue weighted by molar-refractivity contribution is -0.138. The zero-order valence-electron chi connectivity index (χ0n) is 15.8. The van der Waals surface area contributed by atoms with Crippen molar-refractivity contribution in [2.24, 2.45) is 13.0 Å². The minimum Gasteiger partial charge on any atom is -0.456 e. The molecule has 2 bridgehead atoms. The molecule has 1 aromatic carbocycles. The molecule has 2 atom stereocenters. The van der Waals surface area contributed by atoms with Gasteiger partial charge in [0.1, 0.15) is 5.76 Å². The highest BCUT2D eigenvalue weighted by Gasteiger charge is 2.38. The highest BCUT2D eigenvalue weighted by molar-refractivity contribution is 5.80. The van der Waals surface area contributed by atoms with Crippen LogP contribution < -0.4 is 0 Å². The summed E-state index contributed by atoms with van der Waals surface area (Å²) in [5.41, 5.74) is 2.06. The fourth-order valence-electron chi connectivity index (χ4n) is 4.54. The van der Waals surface area contributed by atoms with Crippen LogP contribution in [0.5, 0.6) is 0 Å². The van der Waals surface area contributed by atoms with Gasteiger partial charge in [0.2, 0.25) is 5.91 Å². The molecule has 6 rings (SSSR count). The van der Waals surface area contributed by atoms with Crippen LogP contribution in [0.4, 0.5) is 0 Å². The number of imidazole rings is 1. The number of rotatable bonds is 3. The topological polar surface area (TPSA) is 54.5 Å². The summed E-state index contributed by atoms with van der Waals surface area (Å²) in [5.74, 6) is 2.98. The Morgan fingerprint density at radius 1 is 1.11 bits per heavy atom. The van der Waals surface area contributed by atoms with Crippen LogP contribution >= 0.6 is 0 Å². The van der Waals surface area contributed by atoms with E-state index in [0.29, 0.717) is 11.9 Å². The molecule has 2 aromatic heterocycles. The summed E-state index contributed by atoms with van der Waals surface area (Å²) in [4.78, 5) is 21.4. The number of piperidine rings is 1. The molecule has 3 fully saturated rings. The summed E-state index contributed by atoms with van der Waals surface area (Å²) < 4.78 is 8.21. The number of aromatic nitrogens is 2. The van der Waals surface area contributed by atoms with Crippen molar-refractivity contribution in [3.63, 3.8) is 0 Å². The van der Waals surface area contributed by atoms with Gasteiger partial charge in [0, 0.05) is 33.2 Å². The number of fused-ring (bicyclic) bond motifs is 5. The summed E-state index contributed by atoms with van der Waals surface area (Å²) in [6.45, 7) is 2.47. The number of para-hydroxylation sites is 2. The average Bonchev–Trinajstić information content (AvgIpc) is 3.16. The van der Waals surface area contributed by atoms with Gasteiger partial charge in [-0.25, -0.2) is 4.98 Å². The minimum atomic E-state index is 0.128. The molecule has 0 unspecified atom stereocenters. The van der Waals surface area contributed by atoms with E-state index in [1.54, 1.807) is 0 Å². The number of aryl methyl sites for hydroxylation is 1. The summed E-state index contributed by atoms with van der Waals surface area (Å²) in [6.07, 6.45) is 2.11. The van der Waals surface area contributed by atoms with Crippen LogP contribution in [0.2, 0.25) is 0 Å². The number of furan rings is 1. The highest BCUT2D eigenvalue weighted by Crippen LogP contribution is 2.30. The van der Waals surface area contributed by atoms with E-state index in [9.17, 15) is 4.79 Å². The van der Waals surface area contributed by atoms with Crippen molar-refractivity contribution in [2.75, 3.05) is 20.1 Å². The number of carbonyl (C=O) groups is 1. The summed E-state index contributed by atoms with van der Waals surface area (Å²) >= 11 is 0. The van der Waals surface area contributed by atoms with Crippen molar-refractivity contribution in [3.8, 4) is 11.6 Å². The number of nitrogens with zero attached hydrogens (tertiary/aromatic N) is 4. The molecule has 6 heteroatoms. The molecule has 0 aliphatic carbocycles. The molecule has 6 nitrogen and oxygen atoms in total. The van der Waals surface area contributed by atoms with E-state index >= 15 is 0 Å². The molecule has 140 valence electrons. The predicted octanol–water partition coefficient (Wildman–Crippen LogP) is 2.89. The fourth-order valence-corrected chi connectivity index (χ4v) is 4.54. The molecule has 27 heavy (non-hydrogen) atoms. The lowest BCUT2D eigenvalue weighted by atomic mass is 9.95. The Labute approximate surface area is 158 Å². The first-order valence-corrected chi connectivity index (χ1v) is 9.59. The van der Waals surface area contributed by atoms with Crippen molar-refractivity contribution in [1.29, 1.82) is 0 Å². The maximum atomic E-state index is 12.4. The Bertz CT molecular complexity index is 1000. The van der Waals surface area contributed by atoms with Gasteiger partial charge in [-0.3, -0.25) is 9.69 Å². The van der Waals surface area contributed by atoms with E-state index in [0.717, 1.165) is 60.9 Å². The second kappa shape index (κ2) is 6.23. The van der Waals surface area contributed by atoms with Gasteiger partial charge in [-0.15, -0.1) is 0 Å². The smallest absolute Gasteiger partial charge is 0.227 e. The van der Waals surface area contributed by atoms with E-state index < -0.39 is 0 Å². The summed E-state index contributed by atoms with van der Waals surface area (Å²) in [6, 6.07) is 12.5. The van der Waals surface area contributed by atoms with Gasteiger partial charge >= 0.3 is 0 Å². The Balaban J connectivity index is 1.38. The van der Waals surface area contributed by atoms with Crippen molar-refractivity contribution >= 4 is 16.9 Å². The first-order chi connectivity index (χ1) is 13.1. The lowest BCUT2D eigenvalue weighted by Crippen LogP contribution is -2.45. The fraction of sp³-hybridized carbons (Fsp3) is 0.429. The van der Waals surface area contributed by atoms with E-state index in [1.807, 2.05) is 49.3 Å². The maximum Gasteiger partial charge on any atom is 0.227 e. The molecule has 3 aliphatic rings. The van der Waals surface area contributed by atoms with Gasteiger partial charge in [-0.2, -0.15) is 0 Å². The zero-order chi connectivity index (χ0) is 18.5. The maximum absolute atomic E-state index is 12.4. The van der Waals surface area contributed by atoms with Crippen molar-refractivity contribution in [2.45, 2.75) is 25.4 Å². The van der Waals surface area contributed by atoms with Gasteiger partial charge in [0.25, 0.3) is 0 Å². The van der Waals surface area contributed by atoms with E-state index in [-0.39, 0.29) is 5.92 Å². The van der Waals surface area contributed by atoms with Crippen LogP contribution in [0.1, 0.15) is 18.6 Å². The van der Waals surface area contributed by atoms with Crippen molar-refractivity contribution in [1.82, 2.24) is 19.4 Å². The van der Waals surface area contributed by atoms with Gasteiger partial charge < -0.3 is 13.9 Å². The number of hydrogen-bond donors (Lipinski definition) is 0. The Morgan fingerprint density at radius 2 is 1.96 bits per heavy atom. The summed E-state index contributed by atoms with van der Waals surface area (Å²) in [5, 5.41) is 0. The number of likely N-dealkylation sites (N-methyl/N-ethyl adjacent to an activating group) is 1. The third kappa shape index (κ3) is 2.75. The molecular weight excluding hydrogens is 340 g/mol. The normalized spacial score (nSPS) is 23.3. The number of hydrogen-bond acceptors (Lipinski definition) is 4. The Hall–Kier alpha value is -2.60. The SMILES string of the molecule is CN1C(=O)[C@@H]2CC[C@H]1CN(Cc1ccc(-c3nc4ccccc4n3C)o1)C2. The van der Waals surface area contributed by atoms with E-state index in [4.69, 9.17) is 9.40 Å². The predicted molar refractivity (Wildman–Crippen MR) is 103 cm³/mol. The van der Waals surface area contributed by atoms with Gasteiger partial charge in [0.15, 0.2) is 11.6 Å². The van der Waals surface area contributed by atoms with Gasteiger partial charge in [-0.1, -0.05) is 12.1 Å². The average molecular weight is 364 g/mol. The molecule has 0 radical (unpaired) electrons. The first kappa shape index (κ1) is 16.6. The molecule has 0 N–H and O–H groups in total. The third-order valence-electron chi connectivity index (χ3n) is 6.09. The molecule has 5 heterocycles. The quantitative estimate of drug-likeness (QED) is 0.717. The summed E-state index contributed by atoms with van der Waals surface area (Å²) in [7, 11) is 3.96. The van der Waals surface area contributed by atoms with Crippen LogP contribution in [-0.2, 0) is 18.4 Å². The molecule has 3 saturated heterocycles. The Morgan fingerprint density at radius 3 is 2.81 bits per heavy atom. The molecular formula is C21H24N4O2. The van der Waals surface area contributed by atoms with Crippen LogP contribution in [0.15, 0.2) is 40.8 Å². The monoisotopic (exact) mass is 364 g/mol. The van der Waals surface area contributed by atoms with Crippen molar-refractivity contribution in [3.05, 3.63) is 42.2 Å². The molecule has 3 aliphatic heterocycles. The molecule has 1 amide bonds. The van der Waals surface area contributed by atoms with Crippen LogP contribution in [0.25, 0.3) is 22.6 Å². The number of carbonyl (C=O) groups excluding carboxylic acids is 1. The number of amides is 1. The second-order valence-corrected chi connectivity index (χ2v) is 7.82. The minimum absolute atomic E-state index is 0.128. The standard InChI is InChI=1S/C21H24N4O2/c1-23-15-8-7-14(21(23)26)11-25(12-15)13-16-9-10-19(27-16)20-22-17-5-3-4-6-18(17)24(20)2/h3-6,9-10,14-15H,7-8,11-13H2,1-2H3/t14-,15+/m1/s1. The third-order valence-corrected chi connectivity index (χ3v) is 6.09. The van der Waals surface area contributed by atoms with E-state index in [2.05, 4.69) is 15.5 Å². The van der Waals surface area contributed by atoms with E-state index in [1.165, 1.54) is 0 Å². The van der Waals surface area contributed by atoms with Crippen LogP contribution in [0.3, 0.4) is 0 Å². The first-order valence-electron chi connectivity index (χ1n) is 9.59. The van der Waals surface area contributed by atoms with Crippen LogP contribution in [0, 0.1) is 5.92 Å².